The molecule has 1 N–H and O–H groups in total. The van der Waals surface area contributed by atoms with E-state index in [-0.39, 0.29) is 0 Å². The summed E-state index contributed by atoms with van der Waals surface area (Å²) in [6, 6.07) is 14.1. The van der Waals surface area contributed by atoms with Gasteiger partial charge >= 0.3 is 0 Å². The van der Waals surface area contributed by atoms with Gasteiger partial charge in [-0.2, -0.15) is 0 Å². The molecule has 3 heteroatoms. The van der Waals surface area contributed by atoms with Gasteiger partial charge in [-0.15, -0.1) is 0 Å². The van der Waals surface area contributed by atoms with Crippen LogP contribution in [0.4, 0.5) is 0 Å². The molecule has 2 rings (SSSR count). The maximum absolute atomic E-state index is 10.3. The number of aliphatic hydroxyl groups is 1. The first-order chi connectivity index (χ1) is 9.10. The Labute approximate surface area is 132 Å². The highest BCUT2D eigenvalue weighted by Gasteiger charge is 2.10. The van der Waals surface area contributed by atoms with Crippen molar-refractivity contribution in [3.05, 3.63) is 67.7 Å². The van der Waals surface area contributed by atoms with Crippen LogP contribution >= 0.6 is 34.2 Å². The first kappa shape index (κ1) is 14.8. The molecule has 0 saturated heterocycles. The quantitative estimate of drug-likeness (QED) is 0.750. The molecule has 0 fully saturated rings. The van der Waals surface area contributed by atoms with E-state index < -0.39 is 6.10 Å². The van der Waals surface area contributed by atoms with Crippen LogP contribution in [0.25, 0.3) is 0 Å². The molecule has 0 amide bonds. The molecule has 0 radical (unpaired) electrons. The van der Waals surface area contributed by atoms with E-state index in [1.165, 1.54) is 5.56 Å². The maximum atomic E-state index is 10.3. The largest absolute Gasteiger partial charge is 0.388 e. The van der Waals surface area contributed by atoms with Gasteiger partial charge in [0.15, 0.2) is 0 Å². The van der Waals surface area contributed by atoms with Crippen LogP contribution in [-0.4, -0.2) is 5.11 Å². The van der Waals surface area contributed by atoms with E-state index in [1.54, 1.807) is 0 Å². The van der Waals surface area contributed by atoms with E-state index in [2.05, 4.69) is 53.8 Å². The van der Waals surface area contributed by atoms with Crippen molar-refractivity contribution in [2.24, 2.45) is 0 Å². The molecule has 0 aliphatic heterocycles. The Hall–Kier alpha value is -0.580. The Kier molecular flexibility index (Phi) is 5.25. The van der Waals surface area contributed by atoms with Gasteiger partial charge in [0.1, 0.15) is 0 Å². The Morgan fingerprint density at radius 1 is 1.11 bits per heavy atom. The summed E-state index contributed by atoms with van der Waals surface area (Å²) in [5.41, 5.74) is 3.32. The van der Waals surface area contributed by atoms with E-state index in [1.807, 2.05) is 18.2 Å². The summed E-state index contributed by atoms with van der Waals surface area (Å²) in [5.74, 6) is 0. The number of halogens is 2. The number of aliphatic hydroxyl groups excluding tert-OH is 1. The second kappa shape index (κ2) is 6.73. The summed E-state index contributed by atoms with van der Waals surface area (Å²) in [4.78, 5) is 0. The summed E-state index contributed by atoms with van der Waals surface area (Å²) in [6.45, 7) is 2.14. The summed E-state index contributed by atoms with van der Waals surface area (Å²) >= 11 is 8.26. The molecule has 0 aliphatic carbocycles. The van der Waals surface area contributed by atoms with Crippen LogP contribution < -0.4 is 0 Å². The van der Waals surface area contributed by atoms with E-state index >= 15 is 0 Å². The van der Waals surface area contributed by atoms with E-state index in [0.717, 1.165) is 21.1 Å². The van der Waals surface area contributed by atoms with Crippen molar-refractivity contribution in [2.45, 2.75) is 25.9 Å². The fourth-order valence-electron chi connectivity index (χ4n) is 1.97. The van der Waals surface area contributed by atoms with Crippen molar-refractivity contribution in [1.82, 2.24) is 0 Å². The van der Waals surface area contributed by atoms with E-state index in [0.29, 0.717) is 11.4 Å². The lowest BCUT2D eigenvalue weighted by molar-refractivity contribution is 0.178. The lowest BCUT2D eigenvalue weighted by Gasteiger charge is -2.12. The average Bonchev–Trinajstić information content (AvgIpc) is 2.42. The third kappa shape index (κ3) is 3.94. The minimum atomic E-state index is -0.512. The van der Waals surface area contributed by atoms with Crippen molar-refractivity contribution in [2.75, 3.05) is 0 Å². The highest BCUT2D eigenvalue weighted by atomic mass is 127. The fourth-order valence-corrected chi connectivity index (χ4v) is 2.50. The molecular weight excluding hydrogens is 371 g/mol. The summed E-state index contributed by atoms with van der Waals surface area (Å²) in [5, 5.41) is 10.9. The van der Waals surface area contributed by atoms with Gasteiger partial charge in [-0.05, 0) is 57.8 Å². The molecule has 19 heavy (non-hydrogen) atoms. The molecule has 0 spiro atoms. The highest BCUT2D eigenvalue weighted by molar-refractivity contribution is 14.1. The van der Waals surface area contributed by atoms with Gasteiger partial charge in [0, 0.05) is 9.99 Å². The van der Waals surface area contributed by atoms with Crippen molar-refractivity contribution in [3.63, 3.8) is 0 Å². The number of hydrogen-bond donors (Lipinski definition) is 1. The van der Waals surface area contributed by atoms with Gasteiger partial charge < -0.3 is 5.11 Å². The summed E-state index contributed by atoms with van der Waals surface area (Å²) in [6.07, 6.45) is 1.14. The third-order valence-electron chi connectivity index (χ3n) is 3.19. The topological polar surface area (TPSA) is 20.2 Å². The second-order valence-electron chi connectivity index (χ2n) is 4.56. The lowest BCUT2D eigenvalue weighted by Crippen LogP contribution is -2.02. The number of benzene rings is 2. The molecule has 0 aliphatic rings. The minimum Gasteiger partial charge on any atom is -0.388 e. The highest BCUT2D eigenvalue weighted by Crippen LogP contribution is 2.25. The monoisotopic (exact) mass is 386 g/mol. The predicted molar refractivity (Wildman–Crippen MR) is 88.7 cm³/mol. The van der Waals surface area contributed by atoms with Gasteiger partial charge in [0.2, 0.25) is 0 Å². The van der Waals surface area contributed by atoms with Crippen molar-refractivity contribution in [3.8, 4) is 0 Å². The molecule has 0 bridgehead atoms. The summed E-state index contributed by atoms with van der Waals surface area (Å²) in [7, 11) is 0. The van der Waals surface area contributed by atoms with E-state index in [4.69, 9.17) is 11.6 Å². The average molecular weight is 387 g/mol. The zero-order valence-electron chi connectivity index (χ0n) is 10.7. The van der Waals surface area contributed by atoms with Crippen LogP contribution in [0, 0.1) is 3.57 Å². The van der Waals surface area contributed by atoms with Crippen molar-refractivity contribution < 1.29 is 5.11 Å². The standard InChI is InChI=1S/C16H16ClIO/c1-2-11-3-5-12(6-4-11)9-16(19)13-7-8-15(18)14(17)10-13/h3-8,10,16,19H,2,9H2,1H3. The molecule has 2 aromatic rings. The molecule has 0 saturated carbocycles. The molecular formula is C16H16ClIO. The fraction of sp³-hybridized carbons (Fsp3) is 0.250. The van der Waals surface area contributed by atoms with Gasteiger partial charge in [-0.3, -0.25) is 0 Å². The summed E-state index contributed by atoms with van der Waals surface area (Å²) < 4.78 is 1.00. The molecule has 1 nitrogen and oxygen atoms in total. The Bertz CT molecular complexity index is 551. The lowest BCUT2D eigenvalue weighted by atomic mass is 10.0. The number of aryl methyl sites for hydroxylation is 1. The van der Waals surface area contributed by atoms with Crippen molar-refractivity contribution >= 4 is 34.2 Å². The molecule has 0 aromatic heterocycles. The third-order valence-corrected chi connectivity index (χ3v) is 4.76. The number of hydrogen-bond acceptors (Lipinski definition) is 1. The van der Waals surface area contributed by atoms with Gasteiger partial charge in [-0.1, -0.05) is 48.9 Å². The van der Waals surface area contributed by atoms with E-state index in [9.17, 15) is 5.11 Å². The van der Waals surface area contributed by atoms with Gasteiger partial charge in [0.25, 0.3) is 0 Å². The van der Waals surface area contributed by atoms with Crippen LogP contribution in [0.2, 0.25) is 5.02 Å². The second-order valence-corrected chi connectivity index (χ2v) is 6.13. The van der Waals surface area contributed by atoms with Crippen molar-refractivity contribution in [1.29, 1.82) is 0 Å². The van der Waals surface area contributed by atoms with Crippen LogP contribution in [-0.2, 0) is 12.8 Å². The Balaban J connectivity index is 2.10. The Morgan fingerprint density at radius 2 is 1.74 bits per heavy atom. The maximum Gasteiger partial charge on any atom is 0.0830 e. The number of rotatable bonds is 4. The normalized spacial score (nSPS) is 12.4. The van der Waals surface area contributed by atoms with Crippen LogP contribution in [0.3, 0.4) is 0 Å². The zero-order valence-corrected chi connectivity index (χ0v) is 13.6. The smallest absolute Gasteiger partial charge is 0.0830 e. The van der Waals surface area contributed by atoms with Gasteiger partial charge in [0.05, 0.1) is 11.1 Å². The van der Waals surface area contributed by atoms with Crippen LogP contribution in [0.1, 0.15) is 29.7 Å². The first-order valence-electron chi connectivity index (χ1n) is 6.31. The predicted octanol–water partition coefficient (Wildman–Crippen LogP) is 4.78. The SMILES string of the molecule is CCc1ccc(CC(O)c2ccc(I)c(Cl)c2)cc1. The minimum absolute atomic E-state index is 0.512. The first-order valence-corrected chi connectivity index (χ1v) is 7.76. The van der Waals surface area contributed by atoms with Crippen LogP contribution in [0.15, 0.2) is 42.5 Å². The van der Waals surface area contributed by atoms with Crippen LogP contribution in [0.5, 0.6) is 0 Å². The molecule has 100 valence electrons. The molecule has 2 aromatic carbocycles. The molecule has 0 heterocycles. The molecule has 1 atom stereocenters. The van der Waals surface area contributed by atoms with Gasteiger partial charge in [-0.25, -0.2) is 0 Å². The Morgan fingerprint density at radius 3 is 2.32 bits per heavy atom. The zero-order chi connectivity index (χ0) is 13.8. The molecule has 1 unspecified atom stereocenters.